The number of primary amides is 1. The first-order valence-electron chi connectivity index (χ1n) is 11.0. The number of nitrogens with two attached hydrogens (primary N) is 2. The van der Waals surface area contributed by atoms with Crippen molar-refractivity contribution in [2.24, 2.45) is 23.3 Å². The van der Waals surface area contributed by atoms with Crippen molar-refractivity contribution in [3.8, 4) is 0 Å². The van der Waals surface area contributed by atoms with E-state index in [0.717, 1.165) is 0 Å². The van der Waals surface area contributed by atoms with Crippen molar-refractivity contribution in [2.75, 3.05) is 12.0 Å². The lowest BCUT2D eigenvalue weighted by Gasteiger charge is -2.27. The second-order valence-corrected chi connectivity index (χ2v) is 9.70. The molecule has 0 saturated carbocycles. The lowest BCUT2D eigenvalue weighted by molar-refractivity contribution is -0.142. The van der Waals surface area contributed by atoms with Gasteiger partial charge < -0.3 is 32.5 Å². The summed E-state index contributed by atoms with van der Waals surface area (Å²) in [6.45, 7) is 7.20. The number of carbonyl (C=O) groups is 5. The van der Waals surface area contributed by atoms with Crippen LogP contribution in [-0.4, -0.2) is 70.9 Å². The van der Waals surface area contributed by atoms with E-state index < -0.39 is 53.8 Å². The summed E-state index contributed by atoms with van der Waals surface area (Å²) in [7, 11) is 0. The van der Waals surface area contributed by atoms with Crippen LogP contribution < -0.4 is 27.4 Å². The maximum absolute atomic E-state index is 13.0. The fraction of sp³-hybridized carbons (Fsp3) is 0.762. The number of thioether (sulfide) groups is 1. The number of aliphatic carboxylic acids is 1. The molecule has 4 atom stereocenters. The molecule has 0 aliphatic carbocycles. The Kier molecular flexibility index (Phi) is 14.4. The highest BCUT2D eigenvalue weighted by atomic mass is 32.2. The number of hydrogen-bond acceptors (Lipinski definition) is 7. The topological polar surface area (TPSA) is 194 Å². The molecule has 4 amide bonds. The lowest BCUT2D eigenvalue weighted by atomic mass is 9.99. The second kappa shape index (κ2) is 15.5. The molecule has 0 rings (SSSR count). The number of rotatable bonds is 16. The first-order chi connectivity index (χ1) is 15.3. The van der Waals surface area contributed by atoms with E-state index in [9.17, 15) is 29.1 Å². The van der Waals surface area contributed by atoms with E-state index >= 15 is 0 Å². The van der Waals surface area contributed by atoms with Crippen molar-refractivity contribution < 1.29 is 29.1 Å². The third kappa shape index (κ3) is 12.5. The highest BCUT2D eigenvalue weighted by molar-refractivity contribution is 7.98. The van der Waals surface area contributed by atoms with Crippen LogP contribution in [0, 0.1) is 11.8 Å². The molecule has 11 nitrogen and oxygen atoms in total. The van der Waals surface area contributed by atoms with Crippen LogP contribution >= 0.6 is 11.8 Å². The van der Waals surface area contributed by atoms with E-state index in [1.165, 1.54) is 0 Å². The molecule has 190 valence electrons. The highest BCUT2D eigenvalue weighted by Gasteiger charge is 2.32. The minimum absolute atomic E-state index is 0.00186. The van der Waals surface area contributed by atoms with Crippen LogP contribution in [0.2, 0.25) is 0 Å². The standard InChI is InChI=1S/C21H39N5O6S/c1-11(2)10-15(19(29)24-14(21(31)32)6-7-16(23)27)25-20(30)17(12(3)4)26-18(28)13(22)8-9-33-5/h11-15,17H,6-10,22H2,1-5H3,(H2,23,27)(H,24,29)(H,25,30)(H,26,28)(H,31,32). The quantitative estimate of drug-likeness (QED) is 0.168. The summed E-state index contributed by atoms with van der Waals surface area (Å²) in [5.74, 6) is -3.31. The lowest BCUT2D eigenvalue weighted by Crippen LogP contribution is -2.58. The van der Waals surface area contributed by atoms with E-state index in [2.05, 4.69) is 16.0 Å². The summed E-state index contributed by atoms with van der Waals surface area (Å²) in [6.07, 6.45) is 2.22. The van der Waals surface area contributed by atoms with Gasteiger partial charge in [0.1, 0.15) is 18.1 Å². The van der Waals surface area contributed by atoms with Crippen molar-refractivity contribution >= 4 is 41.4 Å². The molecule has 0 radical (unpaired) electrons. The first kappa shape index (κ1) is 30.7. The predicted octanol–water partition coefficient (Wildman–Crippen LogP) is -0.427. The zero-order valence-electron chi connectivity index (χ0n) is 20.1. The fourth-order valence-electron chi connectivity index (χ4n) is 2.95. The Bertz CT molecular complexity index is 688. The molecule has 8 N–H and O–H groups in total. The molecule has 4 unspecified atom stereocenters. The maximum Gasteiger partial charge on any atom is 0.326 e. The van der Waals surface area contributed by atoms with Gasteiger partial charge >= 0.3 is 5.97 Å². The normalized spacial score (nSPS) is 14.8. The SMILES string of the molecule is CSCCC(N)C(=O)NC(C(=O)NC(CC(C)C)C(=O)NC(CCC(N)=O)C(=O)O)C(C)C. The van der Waals surface area contributed by atoms with Crippen LogP contribution in [0.3, 0.4) is 0 Å². The van der Waals surface area contributed by atoms with Gasteiger partial charge in [-0.05, 0) is 43.1 Å². The average Bonchev–Trinajstić information content (AvgIpc) is 2.70. The summed E-state index contributed by atoms with van der Waals surface area (Å²) in [5.41, 5.74) is 11.0. The molecule has 0 aliphatic rings. The predicted molar refractivity (Wildman–Crippen MR) is 127 cm³/mol. The summed E-state index contributed by atoms with van der Waals surface area (Å²) in [5, 5.41) is 17.0. The number of hydrogen-bond donors (Lipinski definition) is 6. The van der Waals surface area contributed by atoms with Crippen molar-refractivity contribution in [2.45, 2.75) is 77.5 Å². The van der Waals surface area contributed by atoms with Gasteiger partial charge in [0.2, 0.25) is 23.6 Å². The van der Waals surface area contributed by atoms with Crippen LogP contribution in [0.4, 0.5) is 0 Å². The molecule has 0 aromatic heterocycles. The smallest absolute Gasteiger partial charge is 0.326 e. The first-order valence-corrected chi connectivity index (χ1v) is 12.4. The number of carboxylic acid groups (broad SMARTS) is 1. The van der Waals surface area contributed by atoms with E-state index in [0.29, 0.717) is 12.2 Å². The highest BCUT2D eigenvalue weighted by Crippen LogP contribution is 2.10. The fourth-order valence-corrected chi connectivity index (χ4v) is 3.44. The molecule has 0 aromatic carbocycles. The Hall–Kier alpha value is -2.34. The molecule has 0 saturated heterocycles. The monoisotopic (exact) mass is 489 g/mol. The molecule has 0 aromatic rings. The van der Waals surface area contributed by atoms with Crippen LogP contribution in [-0.2, 0) is 24.0 Å². The summed E-state index contributed by atoms with van der Waals surface area (Å²) < 4.78 is 0. The summed E-state index contributed by atoms with van der Waals surface area (Å²) in [4.78, 5) is 60.6. The zero-order valence-corrected chi connectivity index (χ0v) is 20.9. The molecular formula is C21H39N5O6S. The summed E-state index contributed by atoms with van der Waals surface area (Å²) >= 11 is 1.56. The van der Waals surface area contributed by atoms with Gasteiger partial charge in [-0.2, -0.15) is 11.8 Å². The molecule has 0 bridgehead atoms. The molecule has 33 heavy (non-hydrogen) atoms. The van der Waals surface area contributed by atoms with Crippen molar-refractivity contribution in [3.05, 3.63) is 0 Å². The van der Waals surface area contributed by atoms with Crippen LogP contribution in [0.25, 0.3) is 0 Å². The van der Waals surface area contributed by atoms with E-state index in [4.69, 9.17) is 11.5 Å². The number of nitrogens with one attached hydrogen (secondary N) is 3. The molecule has 0 fully saturated rings. The molecule has 0 spiro atoms. The van der Waals surface area contributed by atoms with Gasteiger partial charge in [-0.1, -0.05) is 27.7 Å². The summed E-state index contributed by atoms with van der Waals surface area (Å²) in [6, 6.07) is -4.05. The van der Waals surface area contributed by atoms with Gasteiger partial charge in [-0.15, -0.1) is 0 Å². The maximum atomic E-state index is 13.0. The number of amides is 4. The zero-order chi connectivity index (χ0) is 25.7. The Morgan fingerprint density at radius 1 is 0.879 bits per heavy atom. The van der Waals surface area contributed by atoms with Gasteiger partial charge in [-0.25, -0.2) is 4.79 Å². The van der Waals surface area contributed by atoms with Crippen LogP contribution in [0.5, 0.6) is 0 Å². The van der Waals surface area contributed by atoms with Crippen molar-refractivity contribution in [3.63, 3.8) is 0 Å². The largest absolute Gasteiger partial charge is 0.480 e. The van der Waals surface area contributed by atoms with Crippen molar-refractivity contribution in [1.29, 1.82) is 0 Å². The van der Waals surface area contributed by atoms with Gasteiger partial charge in [0.25, 0.3) is 0 Å². The Labute approximate surface area is 199 Å². The Morgan fingerprint density at radius 2 is 1.45 bits per heavy atom. The Balaban J connectivity index is 5.39. The van der Waals surface area contributed by atoms with E-state index in [-0.39, 0.29) is 31.1 Å². The van der Waals surface area contributed by atoms with Gasteiger partial charge in [0.05, 0.1) is 6.04 Å². The van der Waals surface area contributed by atoms with Crippen molar-refractivity contribution in [1.82, 2.24) is 16.0 Å². The van der Waals surface area contributed by atoms with E-state index in [1.54, 1.807) is 25.6 Å². The van der Waals surface area contributed by atoms with Gasteiger partial charge in [0.15, 0.2) is 0 Å². The van der Waals surface area contributed by atoms with Gasteiger partial charge in [-0.3, -0.25) is 19.2 Å². The minimum atomic E-state index is -1.33. The molecular weight excluding hydrogens is 450 g/mol. The molecule has 0 aliphatic heterocycles. The average molecular weight is 490 g/mol. The number of carboxylic acids is 1. The van der Waals surface area contributed by atoms with Gasteiger partial charge in [0, 0.05) is 6.42 Å². The number of carbonyl (C=O) groups excluding carboxylic acids is 4. The van der Waals surface area contributed by atoms with E-state index in [1.807, 2.05) is 20.1 Å². The molecule has 0 heterocycles. The third-order valence-corrected chi connectivity index (χ3v) is 5.49. The minimum Gasteiger partial charge on any atom is -0.480 e. The molecule has 12 heteroatoms. The third-order valence-electron chi connectivity index (χ3n) is 4.85. The Morgan fingerprint density at radius 3 is 1.91 bits per heavy atom. The van der Waals surface area contributed by atoms with Crippen LogP contribution in [0.15, 0.2) is 0 Å². The van der Waals surface area contributed by atoms with Crippen LogP contribution in [0.1, 0.15) is 53.4 Å². The second-order valence-electron chi connectivity index (χ2n) is 8.71.